The van der Waals surface area contributed by atoms with E-state index in [0.717, 1.165) is 10.9 Å². The van der Waals surface area contributed by atoms with Crippen LogP contribution in [0.5, 0.6) is 5.75 Å². The molecule has 2 rings (SSSR count). The predicted molar refractivity (Wildman–Crippen MR) is 77.9 cm³/mol. The lowest BCUT2D eigenvalue weighted by atomic mass is 10.1. The van der Waals surface area contributed by atoms with Crippen LogP contribution in [0.3, 0.4) is 0 Å². The third kappa shape index (κ3) is 3.88. The minimum absolute atomic E-state index is 0.208. The zero-order valence-electron chi connectivity index (χ0n) is 10.9. The monoisotopic (exact) mass is 264 g/mol. The molecule has 0 spiro atoms. The van der Waals surface area contributed by atoms with Crippen LogP contribution in [0.4, 0.5) is 0 Å². The molecule has 1 unspecified atom stereocenters. The van der Waals surface area contributed by atoms with Gasteiger partial charge in [0.1, 0.15) is 5.75 Å². The Hall–Kier alpha value is -1.29. The van der Waals surface area contributed by atoms with Crippen LogP contribution in [-0.4, -0.2) is 17.8 Å². The summed E-state index contributed by atoms with van der Waals surface area (Å²) in [5.74, 6) is 0.909. The van der Waals surface area contributed by atoms with E-state index in [9.17, 15) is 0 Å². The first-order valence-corrected chi connectivity index (χ1v) is 6.89. The van der Waals surface area contributed by atoms with E-state index in [1.54, 1.807) is 0 Å². The molecule has 0 aliphatic heterocycles. The molecule has 0 aromatic heterocycles. The first-order valence-electron chi connectivity index (χ1n) is 6.49. The minimum Gasteiger partial charge on any atom is -0.494 e. The van der Waals surface area contributed by atoms with Crippen LogP contribution in [-0.2, 0) is 0 Å². The number of hydrogen-bond donors (Lipinski definition) is 2. The summed E-state index contributed by atoms with van der Waals surface area (Å²) in [5.41, 5.74) is 1.21. The molecule has 2 N–H and O–H groups in total. The van der Waals surface area contributed by atoms with Gasteiger partial charge in [0.05, 0.1) is 12.6 Å². The topological polar surface area (TPSA) is 33.3 Å². The van der Waals surface area contributed by atoms with Gasteiger partial charge in [-0.05, 0) is 56.6 Å². The minimum atomic E-state index is 0.208. The molecular weight excluding hydrogens is 244 g/mol. The summed E-state index contributed by atoms with van der Waals surface area (Å²) in [5, 5.41) is 7.33. The Morgan fingerprint density at radius 3 is 2.61 bits per heavy atom. The lowest BCUT2D eigenvalue weighted by Gasteiger charge is -2.17. The summed E-state index contributed by atoms with van der Waals surface area (Å²) < 4.78 is 5.42. The van der Waals surface area contributed by atoms with Gasteiger partial charge in [-0.15, -0.1) is 0 Å². The van der Waals surface area contributed by atoms with Crippen molar-refractivity contribution >= 4 is 17.3 Å². The van der Waals surface area contributed by atoms with Crippen molar-refractivity contribution in [1.29, 1.82) is 0 Å². The molecule has 1 saturated carbocycles. The number of thiocarbonyl (C=S) groups is 1. The van der Waals surface area contributed by atoms with Gasteiger partial charge in [0.2, 0.25) is 0 Å². The van der Waals surface area contributed by atoms with E-state index in [4.69, 9.17) is 17.0 Å². The number of rotatable bonds is 5. The van der Waals surface area contributed by atoms with E-state index in [1.165, 1.54) is 18.4 Å². The lowest BCUT2D eigenvalue weighted by molar-refractivity contribution is 0.340. The van der Waals surface area contributed by atoms with Gasteiger partial charge < -0.3 is 15.4 Å². The fourth-order valence-corrected chi connectivity index (χ4v) is 2.10. The quantitative estimate of drug-likeness (QED) is 0.801. The third-order valence-corrected chi connectivity index (χ3v) is 3.19. The van der Waals surface area contributed by atoms with Crippen LogP contribution < -0.4 is 15.4 Å². The molecule has 1 fully saturated rings. The highest BCUT2D eigenvalue weighted by Gasteiger charge is 2.22. The summed E-state index contributed by atoms with van der Waals surface area (Å²) in [6, 6.07) is 8.94. The summed E-state index contributed by atoms with van der Waals surface area (Å²) in [7, 11) is 0. The maximum atomic E-state index is 5.42. The van der Waals surface area contributed by atoms with Gasteiger partial charge in [0.25, 0.3) is 0 Å². The van der Waals surface area contributed by atoms with E-state index < -0.39 is 0 Å². The molecular formula is C14H20N2OS. The maximum absolute atomic E-state index is 5.42. The molecule has 1 aliphatic rings. The normalized spacial score (nSPS) is 15.9. The Balaban J connectivity index is 1.86. The van der Waals surface area contributed by atoms with E-state index in [-0.39, 0.29) is 6.04 Å². The highest BCUT2D eigenvalue weighted by atomic mass is 32.1. The SMILES string of the molecule is CCOc1ccc(C(C)NC(=S)NC2CC2)cc1. The van der Waals surface area contributed by atoms with Crippen LogP contribution in [0.2, 0.25) is 0 Å². The van der Waals surface area contributed by atoms with Gasteiger partial charge in [-0.3, -0.25) is 0 Å². The summed E-state index contributed by atoms with van der Waals surface area (Å²) in [4.78, 5) is 0. The third-order valence-electron chi connectivity index (χ3n) is 2.95. The van der Waals surface area contributed by atoms with Crippen LogP contribution in [0.25, 0.3) is 0 Å². The molecule has 98 valence electrons. The Bertz CT molecular complexity index is 401. The highest BCUT2D eigenvalue weighted by molar-refractivity contribution is 7.80. The van der Waals surface area contributed by atoms with Crippen molar-refractivity contribution in [1.82, 2.24) is 10.6 Å². The van der Waals surface area contributed by atoms with E-state index in [2.05, 4.69) is 29.7 Å². The van der Waals surface area contributed by atoms with Gasteiger partial charge >= 0.3 is 0 Å². The van der Waals surface area contributed by atoms with Crippen molar-refractivity contribution < 1.29 is 4.74 Å². The van der Waals surface area contributed by atoms with Gasteiger partial charge in [-0.25, -0.2) is 0 Å². The molecule has 18 heavy (non-hydrogen) atoms. The van der Waals surface area contributed by atoms with Crippen molar-refractivity contribution in [3.63, 3.8) is 0 Å². The molecule has 1 atom stereocenters. The zero-order valence-corrected chi connectivity index (χ0v) is 11.7. The molecule has 0 bridgehead atoms. The molecule has 3 nitrogen and oxygen atoms in total. The Morgan fingerprint density at radius 2 is 2.06 bits per heavy atom. The Kier molecular flexibility index (Phi) is 4.42. The lowest BCUT2D eigenvalue weighted by Crippen LogP contribution is -2.37. The smallest absolute Gasteiger partial charge is 0.166 e. The van der Waals surface area contributed by atoms with Crippen LogP contribution >= 0.6 is 12.2 Å². The summed E-state index contributed by atoms with van der Waals surface area (Å²) in [6.07, 6.45) is 2.47. The highest BCUT2D eigenvalue weighted by Crippen LogP contribution is 2.20. The van der Waals surface area contributed by atoms with Crippen molar-refractivity contribution in [3.05, 3.63) is 29.8 Å². The van der Waals surface area contributed by atoms with Gasteiger partial charge in [0, 0.05) is 6.04 Å². The predicted octanol–water partition coefficient (Wildman–Crippen LogP) is 2.77. The van der Waals surface area contributed by atoms with Crippen molar-refractivity contribution in [2.24, 2.45) is 0 Å². The molecule has 0 amide bonds. The zero-order chi connectivity index (χ0) is 13.0. The molecule has 1 aliphatic carbocycles. The van der Waals surface area contributed by atoms with Crippen molar-refractivity contribution in [3.8, 4) is 5.75 Å². The number of hydrogen-bond acceptors (Lipinski definition) is 2. The molecule has 0 saturated heterocycles. The summed E-state index contributed by atoms with van der Waals surface area (Å²) >= 11 is 5.27. The average Bonchev–Trinajstić information content (AvgIpc) is 3.14. The second-order valence-corrected chi connectivity index (χ2v) is 5.02. The number of benzene rings is 1. The Morgan fingerprint density at radius 1 is 1.39 bits per heavy atom. The number of nitrogens with one attached hydrogen (secondary N) is 2. The van der Waals surface area contributed by atoms with Crippen molar-refractivity contribution in [2.45, 2.75) is 38.8 Å². The van der Waals surface area contributed by atoms with Gasteiger partial charge in [-0.2, -0.15) is 0 Å². The van der Waals surface area contributed by atoms with Crippen LogP contribution in [0.1, 0.15) is 38.3 Å². The second-order valence-electron chi connectivity index (χ2n) is 4.62. The molecule has 0 radical (unpaired) electrons. The Labute approximate surface area is 114 Å². The molecule has 1 aromatic carbocycles. The largest absolute Gasteiger partial charge is 0.494 e. The standard InChI is InChI=1S/C14H20N2OS/c1-3-17-13-8-4-11(5-9-13)10(2)15-14(18)16-12-6-7-12/h4-5,8-10,12H,3,6-7H2,1-2H3,(H2,15,16,18). The molecule has 1 aromatic rings. The van der Waals surface area contributed by atoms with E-state index in [0.29, 0.717) is 12.6 Å². The van der Waals surface area contributed by atoms with E-state index >= 15 is 0 Å². The van der Waals surface area contributed by atoms with Crippen LogP contribution in [0, 0.1) is 0 Å². The first-order chi connectivity index (χ1) is 8.69. The van der Waals surface area contributed by atoms with E-state index in [1.807, 2.05) is 19.1 Å². The molecule has 0 heterocycles. The summed E-state index contributed by atoms with van der Waals surface area (Å²) in [6.45, 7) is 4.79. The average molecular weight is 264 g/mol. The van der Waals surface area contributed by atoms with Crippen LogP contribution in [0.15, 0.2) is 24.3 Å². The number of ether oxygens (including phenoxy) is 1. The second kappa shape index (κ2) is 6.05. The van der Waals surface area contributed by atoms with Crippen molar-refractivity contribution in [2.75, 3.05) is 6.61 Å². The maximum Gasteiger partial charge on any atom is 0.166 e. The first kappa shape index (κ1) is 13.1. The van der Waals surface area contributed by atoms with Gasteiger partial charge in [-0.1, -0.05) is 12.1 Å². The molecule has 4 heteroatoms. The fraction of sp³-hybridized carbons (Fsp3) is 0.500. The fourth-order valence-electron chi connectivity index (χ4n) is 1.75. The van der Waals surface area contributed by atoms with Gasteiger partial charge in [0.15, 0.2) is 5.11 Å².